The van der Waals surface area contributed by atoms with E-state index in [1.54, 1.807) is 0 Å². The minimum absolute atomic E-state index is 0.715. The minimum Gasteiger partial charge on any atom is -0.317 e. The molecule has 0 aliphatic rings. The van der Waals surface area contributed by atoms with Gasteiger partial charge in [-0.1, -0.05) is 19.1 Å². The Morgan fingerprint density at radius 2 is 2.00 bits per heavy atom. The number of hydrogen-bond donors (Lipinski definition) is 2. The van der Waals surface area contributed by atoms with Crippen molar-refractivity contribution >= 4 is 5.69 Å². The topological polar surface area (TPSA) is 48.2 Å². The Hall–Kier alpha value is -1.22. The van der Waals surface area contributed by atoms with Gasteiger partial charge in [0.1, 0.15) is 0 Å². The van der Waals surface area contributed by atoms with Crippen molar-refractivity contribution in [3.8, 4) is 0 Å². The van der Waals surface area contributed by atoms with Gasteiger partial charge in [-0.15, -0.1) is 0 Å². The van der Waals surface area contributed by atoms with Crippen molar-refractivity contribution in [3.63, 3.8) is 0 Å². The third kappa shape index (κ3) is 3.34. The molecule has 3 nitrogen and oxygen atoms in total. The maximum absolute atomic E-state index is 6.79. The van der Waals surface area contributed by atoms with E-state index in [2.05, 4.69) is 17.4 Å². The maximum Gasteiger partial charge on any atom is 0.0850 e. The molecular formula is C10H15N3. The summed E-state index contributed by atoms with van der Waals surface area (Å²) in [5, 5.41) is 6.61. The van der Waals surface area contributed by atoms with Crippen molar-refractivity contribution in [1.82, 2.24) is 5.32 Å². The van der Waals surface area contributed by atoms with E-state index >= 15 is 0 Å². The lowest BCUT2D eigenvalue weighted by molar-refractivity contribution is 0.716. The predicted octanol–water partition coefficient (Wildman–Crippen LogP) is 2.50. The second kappa shape index (κ2) is 5.43. The molecule has 0 aliphatic heterocycles. The fraction of sp³-hybridized carbons (Fsp3) is 0.400. The largest absolute Gasteiger partial charge is 0.317 e. The maximum atomic E-state index is 6.79. The van der Waals surface area contributed by atoms with Crippen LogP contribution in [-0.4, -0.2) is 13.1 Å². The number of nitrogens with zero attached hydrogens (tertiary/aromatic N) is 1. The fourth-order valence-electron chi connectivity index (χ4n) is 1.15. The first kappa shape index (κ1) is 9.86. The molecule has 70 valence electrons. The number of likely N-dealkylation sites (N-methyl/N-ethyl adjacent to an activating group) is 1. The first-order valence-electron chi connectivity index (χ1n) is 4.54. The van der Waals surface area contributed by atoms with Gasteiger partial charge < -0.3 is 5.32 Å². The van der Waals surface area contributed by atoms with Crippen LogP contribution in [0.5, 0.6) is 0 Å². The van der Waals surface area contributed by atoms with Crippen LogP contribution in [0.3, 0.4) is 0 Å². The van der Waals surface area contributed by atoms with Crippen LogP contribution in [0.2, 0.25) is 0 Å². The number of hydrogen-bond acceptors (Lipinski definition) is 3. The van der Waals surface area contributed by atoms with Gasteiger partial charge in [0.05, 0.1) is 5.69 Å². The summed E-state index contributed by atoms with van der Waals surface area (Å²) in [5.41, 5.74) is 8.80. The van der Waals surface area contributed by atoms with Gasteiger partial charge in [0.15, 0.2) is 0 Å². The van der Waals surface area contributed by atoms with Gasteiger partial charge in [-0.05, 0) is 37.2 Å². The molecule has 1 aromatic carbocycles. The Bertz CT molecular complexity index is 253. The van der Waals surface area contributed by atoms with Crippen LogP contribution in [0, 0.1) is 5.53 Å². The highest BCUT2D eigenvalue weighted by molar-refractivity contribution is 5.37. The molecule has 1 aromatic rings. The highest BCUT2D eigenvalue weighted by atomic mass is 15.0. The van der Waals surface area contributed by atoms with Crippen molar-refractivity contribution < 1.29 is 0 Å². The first-order valence-corrected chi connectivity index (χ1v) is 4.54. The molecule has 1 rings (SSSR count). The van der Waals surface area contributed by atoms with Crippen LogP contribution in [0.4, 0.5) is 5.69 Å². The van der Waals surface area contributed by atoms with Gasteiger partial charge >= 0.3 is 0 Å². The number of benzene rings is 1. The van der Waals surface area contributed by atoms with Crippen molar-refractivity contribution in [2.45, 2.75) is 13.3 Å². The van der Waals surface area contributed by atoms with E-state index in [9.17, 15) is 0 Å². The van der Waals surface area contributed by atoms with Crippen LogP contribution in [-0.2, 0) is 6.42 Å². The second-order valence-corrected chi connectivity index (χ2v) is 2.88. The molecule has 0 radical (unpaired) electrons. The first-order chi connectivity index (χ1) is 6.36. The van der Waals surface area contributed by atoms with Gasteiger partial charge in [0, 0.05) is 0 Å². The average molecular weight is 177 g/mol. The summed E-state index contributed by atoms with van der Waals surface area (Å²) in [6.07, 6.45) is 1.03. The van der Waals surface area contributed by atoms with Crippen molar-refractivity contribution in [3.05, 3.63) is 29.8 Å². The molecule has 0 amide bonds. The molecule has 3 heteroatoms. The third-order valence-electron chi connectivity index (χ3n) is 1.91. The molecule has 0 spiro atoms. The fourth-order valence-corrected chi connectivity index (χ4v) is 1.15. The molecule has 2 N–H and O–H groups in total. The van der Waals surface area contributed by atoms with E-state index in [-0.39, 0.29) is 0 Å². The van der Waals surface area contributed by atoms with Gasteiger partial charge in [-0.2, -0.15) is 5.11 Å². The molecule has 13 heavy (non-hydrogen) atoms. The molecule has 0 aromatic heterocycles. The van der Waals surface area contributed by atoms with Crippen LogP contribution in [0.1, 0.15) is 12.5 Å². The lowest BCUT2D eigenvalue weighted by atomic mass is 10.1. The Morgan fingerprint density at radius 1 is 1.31 bits per heavy atom. The average Bonchev–Trinajstić information content (AvgIpc) is 2.19. The molecular weight excluding hydrogens is 162 g/mol. The van der Waals surface area contributed by atoms with Crippen LogP contribution >= 0.6 is 0 Å². The molecule has 0 aliphatic carbocycles. The zero-order chi connectivity index (χ0) is 9.52. The summed E-state index contributed by atoms with van der Waals surface area (Å²) in [7, 11) is 0. The zero-order valence-electron chi connectivity index (χ0n) is 7.88. The SMILES string of the molecule is CCNCCc1ccc(N=N)cc1. The predicted molar refractivity (Wildman–Crippen MR) is 53.5 cm³/mol. The van der Waals surface area contributed by atoms with Crippen LogP contribution < -0.4 is 5.32 Å². The van der Waals surface area contributed by atoms with Gasteiger partial charge in [-0.25, -0.2) is 5.53 Å². The third-order valence-corrected chi connectivity index (χ3v) is 1.91. The zero-order valence-corrected chi connectivity index (χ0v) is 7.88. The van der Waals surface area contributed by atoms with E-state index in [1.807, 2.05) is 24.3 Å². The van der Waals surface area contributed by atoms with Gasteiger partial charge in [-0.3, -0.25) is 0 Å². The summed E-state index contributed by atoms with van der Waals surface area (Å²) >= 11 is 0. The van der Waals surface area contributed by atoms with Gasteiger partial charge in [0.25, 0.3) is 0 Å². The molecule has 0 fully saturated rings. The summed E-state index contributed by atoms with van der Waals surface area (Å²) in [4.78, 5) is 0. The van der Waals surface area contributed by atoms with Crippen LogP contribution in [0.25, 0.3) is 0 Å². The minimum atomic E-state index is 0.715. The van der Waals surface area contributed by atoms with E-state index in [0.29, 0.717) is 5.69 Å². The Balaban J connectivity index is 2.44. The van der Waals surface area contributed by atoms with Crippen molar-refractivity contribution in [2.75, 3.05) is 13.1 Å². The van der Waals surface area contributed by atoms with E-state index in [4.69, 9.17) is 5.53 Å². The lowest BCUT2D eigenvalue weighted by Crippen LogP contribution is -2.15. The van der Waals surface area contributed by atoms with Crippen LogP contribution in [0.15, 0.2) is 29.4 Å². The normalized spacial score (nSPS) is 9.92. The smallest absolute Gasteiger partial charge is 0.0850 e. The number of nitrogens with one attached hydrogen (secondary N) is 2. The molecule has 0 heterocycles. The monoisotopic (exact) mass is 177 g/mol. The second-order valence-electron chi connectivity index (χ2n) is 2.88. The van der Waals surface area contributed by atoms with E-state index in [0.717, 1.165) is 19.5 Å². The quantitative estimate of drug-likeness (QED) is 0.527. The molecule has 0 unspecified atom stereocenters. The Morgan fingerprint density at radius 3 is 2.54 bits per heavy atom. The number of rotatable bonds is 5. The summed E-state index contributed by atoms with van der Waals surface area (Å²) in [6, 6.07) is 7.78. The van der Waals surface area contributed by atoms with E-state index < -0.39 is 0 Å². The molecule has 0 atom stereocenters. The summed E-state index contributed by atoms with van der Waals surface area (Å²) in [5.74, 6) is 0. The van der Waals surface area contributed by atoms with Crippen molar-refractivity contribution in [2.24, 2.45) is 5.11 Å². The summed E-state index contributed by atoms with van der Waals surface area (Å²) < 4.78 is 0. The molecule has 0 saturated heterocycles. The standard InChI is InChI=1S/C10H15N3/c1-2-12-8-7-9-3-5-10(13-11)6-4-9/h3-6,11-12H,2,7-8H2,1H3. The Kier molecular flexibility index (Phi) is 4.12. The van der Waals surface area contributed by atoms with E-state index in [1.165, 1.54) is 5.56 Å². The molecule has 0 saturated carbocycles. The molecule has 0 bridgehead atoms. The summed E-state index contributed by atoms with van der Waals surface area (Å²) in [6.45, 7) is 4.12. The highest BCUT2D eigenvalue weighted by Crippen LogP contribution is 2.12. The Labute approximate surface area is 78.7 Å². The highest BCUT2D eigenvalue weighted by Gasteiger charge is 1.92. The lowest BCUT2D eigenvalue weighted by Gasteiger charge is -2.01. The van der Waals surface area contributed by atoms with Gasteiger partial charge in [0.2, 0.25) is 0 Å². The van der Waals surface area contributed by atoms with Crippen molar-refractivity contribution in [1.29, 1.82) is 5.53 Å².